The van der Waals surface area contributed by atoms with Crippen LogP contribution in [-0.2, 0) is 6.42 Å². The van der Waals surface area contributed by atoms with Gasteiger partial charge in [-0.1, -0.05) is 25.5 Å². The second-order valence-corrected chi connectivity index (χ2v) is 5.59. The summed E-state index contributed by atoms with van der Waals surface area (Å²) in [5, 5.41) is 0. The van der Waals surface area contributed by atoms with Gasteiger partial charge in [0.1, 0.15) is 0 Å². The van der Waals surface area contributed by atoms with Gasteiger partial charge in [-0.15, -0.1) is 0 Å². The fraction of sp³-hybridized carbons (Fsp3) is 0.625. The third kappa shape index (κ3) is 3.05. The lowest BCUT2D eigenvalue weighted by molar-refractivity contribution is 0.400. The Morgan fingerprint density at radius 2 is 1.83 bits per heavy atom. The molecule has 1 fully saturated rings. The van der Waals surface area contributed by atoms with Crippen molar-refractivity contribution in [2.75, 3.05) is 25.0 Å². The minimum atomic E-state index is 0.738. The Balaban J connectivity index is 1.95. The molecule has 2 nitrogen and oxygen atoms in total. The van der Waals surface area contributed by atoms with Crippen molar-refractivity contribution in [3.8, 4) is 0 Å². The molecule has 2 heteroatoms. The summed E-state index contributed by atoms with van der Waals surface area (Å²) in [4.78, 5) is 2.39. The maximum Gasteiger partial charge on any atom is 0.0363 e. The van der Waals surface area contributed by atoms with Gasteiger partial charge in [0.05, 0.1) is 0 Å². The van der Waals surface area contributed by atoms with Crippen LogP contribution in [0, 0.1) is 11.8 Å². The molecule has 2 N–H and O–H groups in total. The average molecular weight is 246 g/mol. The van der Waals surface area contributed by atoms with Crippen molar-refractivity contribution in [3.05, 3.63) is 29.8 Å². The first-order chi connectivity index (χ1) is 8.74. The molecular formula is C16H26N2. The fourth-order valence-corrected chi connectivity index (χ4v) is 3.11. The summed E-state index contributed by atoms with van der Waals surface area (Å²) >= 11 is 0. The molecule has 0 radical (unpaired) electrons. The third-order valence-electron chi connectivity index (χ3n) is 4.41. The maximum absolute atomic E-state index is 5.86. The molecule has 100 valence electrons. The summed E-state index contributed by atoms with van der Waals surface area (Å²) < 4.78 is 0. The Bertz CT molecular complexity index is 358. The van der Waals surface area contributed by atoms with Crippen LogP contribution >= 0.6 is 0 Å². The lowest BCUT2D eigenvalue weighted by atomic mass is 9.95. The Morgan fingerprint density at radius 3 is 2.44 bits per heavy atom. The largest absolute Gasteiger partial charge is 0.374 e. The first-order valence-electron chi connectivity index (χ1n) is 7.24. The second-order valence-electron chi connectivity index (χ2n) is 5.59. The average Bonchev–Trinajstić information content (AvgIpc) is 2.86. The first kappa shape index (κ1) is 13.4. The van der Waals surface area contributed by atoms with E-state index in [1.165, 1.54) is 30.5 Å². The number of rotatable bonds is 5. The summed E-state index contributed by atoms with van der Waals surface area (Å²) in [6.45, 7) is 4.20. The smallest absolute Gasteiger partial charge is 0.0363 e. The molecule has 18 heavy (non-hydrogen) atoms. The highest BCUT2D eigenvalue weighted by atomic mass is 15.1. The van der Waals surface area contributed by atoms with Crippen LogP contribution in [0.4, 0.5) is 5.69 Å². The topological polar surface area (TPSA) is 29.3 Å². The minimum Gasteiger partial charge on any atom is -0.374 e. The van der Waals surface area contributed by atoms with E-state index in [1.807, 2.05) is 0 Å². The van der Waals surface area contributed by atoms with Crippen LogP contribution in [-0.4, -0.2) is 20.1 Å². The summed E-state index contributed by atoms with van der Waals surface area (Å²) in [5.74, 6) is 1.52. The predicted octanol–water partition coefficient (Wildman–Crippen LogP) is 3.06. The van der Waals surface area contributed by atoms with Gasteiger partial charge in [0, 0.05) is 19.3 Å². The van der Waals surface area contributed by atoms with Gasteiger partial charge in [-0.2, -0.15) is 0 Å². The van der Waals surface area contributed by atoms with Gasteiger partial charge in [0.25, 0.3) is 0 Å². The first-order valence-corrected chi connectivity index (χ1v) is 7.24. The number of anilines is 1. The van der Waals surface area contributed by atoms with Crippen LogP contribution in [0.5, 0.6) is 0 Å². The summed E-state index contributed by atoms with van der Waals surface area (Å²) in [6.07, 6.45) is 5.14. The zero-order valence-electron chi connectivity index (χ0n) is 11.7. The fourth-order valence-electron chi connectivity index (χ4n) is 3.11. The van der Waals surface area contributed by atoms with E-state index in [9.17, 15) is 0 Å². The number of aryl methyl sites for hydroxylation is 1. The normalized spacial score (nSPS) is 23.3. The number of hydrogen-bond acceptors (Lipinski definition) is 2. The van der Waals surface area contributed by atoms with E-state index < -0.39 is 0 Å². The lowest BCUT2D eigenvalue weighted by Gasteiger charge is -2.26. The molecule has 0 spiro atoms. The number of benzene rings is 1. The third-order valence-corrected chi connectivity index (χ3v) is 4.41. The van der Waals surface area contributed by atoms with E-state index >= 15 is 0 Å². The zero-order chi connectivity index (χ0) is 13.0. The van der Waals surface area contributed by atoms with Crippen LogP contribution in [0.2, 0.25) is 0 Å². The molecular weight excluding hydrogens is 220 g/mol. The highest BCUT2D eigenvalue weighted by molar-refractivity contribution is 5.46. The standard InChI is InChI=1S/C16H26N2/c1-3-13-7-9-16(10-8-13)18(2)12-15-6-4-5-14(15)11-17/h7-10,14-15H,3-6,11-12,17H2,1-2H3. The van der Waals surface area contributed by atoms with Gasteiger partial charge in [-0.05, 0) is 55.3 Å². The van der Waals surface area contributed by atoms with E-state index in [0.29, 0.717) is 0 Å². The molecule has 0 aromatic heterocycles. The molecule has 2 rings (SSSR count). The van der Waals surface area contributed by atoms with E-state index in [0.717, 1.165) is 31.3 Å². The van der Waals surface area contributed by atoms with E-state index in [2.05, 4.69) is 43.1 Å². The quantitative estimate of drug-likeness (QED) is 0.865. The van der Waals surface area contributed by atoms with Gasteiger partial charge in [0.15, 0.2) is 0 Å². The van der Waals surface area contributed by atoms with Crippen LogP contribution in [0.1, 0.15) is 31.7 Å². The highest BCUT2D eigenvalue weighted by Crippen LogP contribution is 2.32. The summed E-state index contributed by atoms with van der Waals surface area (Å²) in [7, 11) is 2.20. The molecule has 1 aliphatic carbocycles. The Labute approximate surface area is 111 Å². The molecule has 2 unspecified atom stereocenters. The van der Waals surface area contributed by atoms with Crippen molar-refractivity contribution in [3.63, 3.8) is 0 Å². The molecule has 1 aliphatic rings. The van der Waals surface area contributed by atoms with Crippen LogP contribution in [0.3, 0.4) is 0 Å². The maximum atomic E-state index is 5.86. The molecule has 0 bridgehead atoms. The van der Waals surface area contributed by atoms with Crippen molar-refractivity contribution in [2.24, 2.45) is 17.6 Å². The minimum absolute atomic E-state index is 0.738. The van der Waals surface area contributed by atoms with Gasteiger partial charge >= 0.3 is 0 Å². The van der Waals surface area contributed by atoms with Crippen molar-refractivity contribution in [2.45, 2.75) is 32.6 Å². The van der Waals surface area contributed by atoms with Crippen LogP contribution in [0.15, 0.2) is 24.3 Å². The van der Waals surface area contributed by atoms with Crippen LogP contribution in [0.25, 0.3) is 0 Å². The summed E-state index contributed by atoms with van der Waals surface area (Å²) in [5.41, 5.74) is 8.60. The van der Waals surface area contributed by atoms with E-state index in [-0.39, 0.29) is 0 Å². The number of nitrogens with two attached hydrogens (primary N) is 1. The molecule has 0 heterocycles. The number of hydrogen-bond donors (Lipinski definition) is 1. The lowest BCUT2D eigenvalue weighted by Crippen LogP contribution is -2.30. The molecule has 0 amide bonds. The Kier molecular flexibility index (Phi) is 4.65. The van der Waals surface area contributed by atoms with E-state index in [4.69, 9.17) is 5.73 Å². The van der Waals surface area contributed by atoms with Gasteiger partial charge in [-0.3, -0.25) is 0 Å². The number of nitrogens with zero attached hydrogens (tertiary/aromatic N) is 1. The van der Waals surface area contributed by atoms with Gasteiger partial charge < -0.3 is 10.6 Å². The Hall–Kier alpha value is -1.02. The van der Waals surface area contributed by atoms with Crippen molar-refractivity contribution < 1.29 is 0 Å². The van der Waals surface area contributed by atoms with Crippen LogP contribution < -0.4 is 10.6 Å². The molecule has 1 aromatic rings. The van der Waals surface area contributed by atoms with E-state index in [1.54, 1.807) is 0 Å². The monoisotopic (exact) mass is 246 g/mol. The summed E-state index contributed by atoms with van der Waals surface area (Å²) in [6, 6.07) is 8.96. The SMILES string of the molecule is CCc1ccc(N(C)CC2CCCC2CN)cc1. The van der Waals surface area contributed by atoms with Gasteiger partial charge in [-0.25, -0.2) is 0 Å². The molecule has 0 aliphatic heterocycles. The molecule has 0 saturated heterocycles. The zero-order valence-corrected chi connectivity index (χ0v) is 11.7. The predicted molar refractivity (Wildman–Crippen MR) is 79.0 cm³/mol. The molecule has 2 atom stereocenters. The Morgan fingerprint density at radius 1 is 1.17 bits per heavy atom. The highest BCUT2D eigenvalue weighted by Gasteiger charge is 2.26. The molecule has 1 aromatic carbocycles. The van der Waals surface area contributed by atoms with Crippen molar-refractivity contribution in [1.29, 1.82) is 0 Å². The molecule has 1 saturated carbocycles. The second kappa shape index (κ2) is 6.24. The van der Waals surface area contributed by atoms with Crippen molar-refractivity contribution >= 4 is 5.69 Å². The van der Waals surface area contributed by atoms with Crippen molar-refractivity contribution in [1.82, 2.24) is 0 Å². The van der Waals surface area contributed by atoms with Gasteiger partial charge in [0.2, 0.25) is 0 Å².